The van der Waals surface area contributed by atoms with E-state index in [9.17, 15) is 0 Å². The molecule has 0 saturated carbocycles. The molecule has 0 atom stereocenters. The van der Waals surface area contributed by atoms with E-state index in [0.29, 0.717) is 13.2 Å². The zero-order chi connectivity index (χ0) is 24.6. The van der Waals surface area contributed by atoms with E-state index in [4.69, 9.17) is 9.47 Å². The third-order valence-corrected chi connectivity index (χ3v) is 7.00. The van der Waals surface area contributed by atoms with Gasteiger partial charge < -0.3 is 19.4 Å². The van der Waals surface area contributed by atoms with Crippen molar-refractivity contribution in [1.29, 1.82) is 0 Å². The van der Waals surface area contributed by atoms with Gasteiger partial charge in [0.15, 0.2) is 6.29 Å². The molecular formula is C33H26N2O2. The summed E-state index contributed by atoms with van der Waals surface area (Å²) in [5, 5.41) is 6.03. The number of nitrogens with one attached hydrogen (secondary N) is 1. The van der Waals surface area contributed by atoms with Crippen LogP contribution in [-0.2, 0) is 9.47 Å². The van der Waals surface area contributed by atoms with Gasteiger partial charge in [-0.1, -0.05) is 72.8 Å². The third-order valence-electron chi connectivity index (χ3n) is 7.00. The Morgan fingerprint density at radius 1 is 0.568 bits per heavy atom. The Bertz CT molecular complexity index is 1680. The molecule has 0 bridgehead atoms. The lowest BCUT2D eigenvalue weighted by atomic mass is 10.1. The molecule has 1 aliphatic rings. The van der Waals surface area contributed by atoms with Crippen molar-refractivity contribution in [3.05, 3.63) is 127 Å². The van der Waals surface area contributed by atoms with E-state index < -0.39 is 0 Å². The van der Waals surface area contributed by atoms with Gasteiger partial charge in [-0.05, 0) is 59.7 Å². The van der Waals surface area contributed by atoms with E-state index in [1.165, 1.54) is 32.9 Å². The fourth-order valence-corrected chi connectivity index (χ4v) is 5.20. The van der Waals surface area contributed by atoms with Crippen molar-refractivity contribution in [3.63, 3.8) is 0 Å². The normalized spacial score (nSPS) is 13.9. The van der Waals surface area contributed by atoms with Crippen molar-refractivity contribution in [1.82, 2.24) is 4.57 Å². The van der Waals surface area contributed by atoms with Crippen LogP contribution in [0.5, 0.6) is 0 Å². The largest absolute Gasteiger partial charge is 0.356 e. The number of para-hydroxylation sites is 1. The van der Waals surface area contributed by atoms with Gasteiger partial charge in [-0.25, -0.2) is 0 Å². The van der Waals surface area contributed by atoms with Crippen molar-refractivity contribution < 1.29 is 9.47 Å². The van der Waals surface area contributed by atoms with Crippen LogP contribution in [0.15, 0.2) is 121 Å². The molecule has 5 aromatic carbocycles. The summed E-state index contributed by atoms with van der Waals surface area (Å²) in [5.74, 6) is 0. The molecule has 1 fully saturated rings. The lowest BCUT2D eigenvalue weighted by Crippen LogP contribution is -1.99. The van der Waals surface area contributed by atoms with E-state index in [0.717, 1.165) is 22.6 Å². The van der Waals surface area contributed by atoms with Gasteiger partial charge in [-0.15, -0.1) is 0 Å². The quantitative estimate of drug-likeness (QED) is 0.269. The Morgan fingerprint density at radius 2 is 1.22 bits per heavy atom. The number of benzene rings is 5. The minimum Gasteiger partial charge on any atom is -0.356 e. The van der Waals surface area contributed by atoms with Gasteiger partial charge in [-0.2, -0.15) is 0 Å². The van der Waals surface area contributed by atoms with Crippen LogP contribution in [0, 0.1) is 0 Å². The summed E-state index contributed by atoms with van der Waals surface area (Å²) in [7, 11) is 0. The van der Waals surface area contributed by atoms with Crippen LogP contribution in [0.2, 0.25) is 0 Å². The highest BCUT2D eigenvalue weighted by Crippen LogP contribution is 2.35. The van der Waals surface area contributed by atoms with E-state index in [-0.39, 0.29) is 6.29 Å². The Hall–Kier alpha value is -4.38. The molecule has 0 amide bonds. The second-order valence-corrected chi connectivity index (χ2v) is 9.32. The lowest BCUT2D eigenvalue weighted by Gasteiger charge is -2.12. The average Bonchev–Trinajstić information content (AvgIpc) is 3.61. The predicted octanol–water partition coefficient (Wildman–Crippen LogP) is 8.24. The number of hydrogen-bond donors (Lipinski definition) is 1. The summed E-state index contributed by atoms with van der Waals surface area (Å²) in [6.45, 7) is 1.29. The second kappa shape index (κ2) is 9.25. The Kier molecular flexibility index (Phi) is 5.47. The number of anilines is 2. The maximum atomic E-state index is 5.67. The monoisotopic (exact) mass is 482 g/mol. The Balaban J connectivity index is 1.23. The van der Waals surface area contributed by atoms with Crippen LogP contribution in [0.4, 0.5) is 11.4 Å². The molecule has 1 saturated heterocycles. The summed E-state index contributed by atoms with van der Waals surface area (Å²) < 4.78 is 13.7. The molecule has 1 aliphatic heterocycles. The molecule has 0 radical (unpaired) electrons. The molecule has 2 heterocycles. The summed E-state index contributed by atoms with van der Waals surface area (Å²) in [6.07, 6.45) is -0.261. The first-order chi connectivity index (χ1) is 18.3. The first-order valence-corrected chi connectivity index (χ1v) is 12.6. The summed E-state index contributed by atoms with van der Waals surface area (Å²) >= 11 is 0. The highest BCUT2D eigenvalue weighted by atomic mass is 16.7. The summed E-state index contributed by atoms with van der Waals surface area (Å²) in [5.41, 5.74) is 9.08. The molecule has 1 aromatic heterocycles. The lowest BCUT2D eigenvalue weighted by molar-refractivity contribution is -0.0441. The van der Waals surface area contributed by atoms with Gasteiger partial charge in [-0.3, -0.25) is 0 Å². The fraction of sp³-hybridized carbons (Fsp3) is 0.0909. The molecular weight excluding hydrogens is 456 g/mol. The van der Waals surface area contributed by atoms with E-state index in [1.54, 1.807) is 0 Å². The second-order valence-electron chi connectivity index (χ2n) is 9.32. The van der Waals surface area contributed by atoms with Crippen molar-refractivity contribution in [3.8, 4) is 16.8 Å². The topological polar surface area (TPSA) is 35.4 Å². The van der Waals surface area contributed by atoms with E-state index in [1.807, 2.05) is 6.07 Å². The Morgan fingerprint density at radius 3 is 2.00 bits per heavy atom. The highest BCUT2D eigenvalue weighted by molar-refractivity contribution is 6.10. The van der Waals surface area contributed by atoms with Crippen LogP contribution in [0.3, 0.4) is 0 Å². The molecule has 0 aliphatic carbocycles. The predicted molar refractivity (Wildman–Crippen MR) is 151 cm³/mol. The first kappa shape index (κ1) is 21.9. The van der Waals surface area contributed by atoms with Gasteiger partial charge in [0.05, 0.1) is 24.2 Å². The minimum absolute atomic E-state index is 0.261. The zero-order valence-electron chi connectivity index (χ0n) is 20.3. The minimum atomic E-state index is -0.261. The van der Waals surface area contributed by atoms with Gasteiger partial charge in [0.1, 0.15) is 0 Å². The van der Waals surface area contributed by atoms with Crippen LogP contribution in [-0.4, -0.2) is 17.8 Å². The number of aromatic nitrogens is 1. The number of nitrogens with zero attached hydrogens (tertiary/aromatic N) is 1. The number of hydrogen-bond acceptors (Lipinski definition) is 3. The number of rotatable bonds is 5. The fourth-order valence-electron chi connectivity index (χ4n) is 5.20. The first-order valence-electron chi connectivity index (χ1n) is 12.6. The average molecular weight is 483 g/mol. The molecule has 0 spiro atoms. The Labute approximate surface area is 215 Å². The maximum absolute atomic E-state index is 5.67. The van der Waals surface area contributed by atoms with Crippen molar-refractivity contribution >= 4 is 33.2 Å². The smallest absolute Gasteiger partial charge is 0.184 e. The highest BCUT2D eigenvalue weighted by Gasteiger charge is 2.19. The maximum Gasteiger partial charge on any atom is 0.184 e. The van der Waals surface area contributed by atoms with Crippen LogP contribution < -0.4 is 5.32 Å². The SMILES string of the molecule is c1ccc(-c2ccc(Nc3ccc4c(c3)c3ccccc3n4-c3ccc(C4OCCO4)cc3)cc2)cc1. The van der Waals surface area contributed by atoms with Crippen LogP contribution in [0.25, 0.3) is 38.6 Å². The molecule has 4 heteroatoms. The standard InChI is InChI=1S/C33H26N2O2/c1-2-6-23(7-3-1)24-10-14-26(15-11-24)34-27-16-19-32-30(22-27)29-8-4-5-9-31(29)35(32)28-17-12-25(13-18-28)33-36-20-21-37-33/h1-19,22,33-34H,20-21H2. The molecule has 0 unspecified atom stereocenters. The van der Waals surface area contributed by atoms with Crippen molar-refractivity contribution in [2.45, 2.75) is 6.29 Å². The van der Waals surface area contributed by atoms with Gasteiger partial charge in [0.25, 0.3) is 0 Å². The number of ether oxygens (including phenoxy) is 2. The zero-order valence-corrected chi connectivity index (χ0v) is 20.3. The van der Waals surface area contributed by atoms with Crippen LogP contribution >= 0.6 is 0 Å². The van der Waals surface area contributed by atoms with E-state index >= 15 is 0 Å². The third kappa shape index (κ3) is 4.06. The van der Waals surface area contributed by atoms with Gasteiger partial charge >= 0.3 is 0 Å². The molecule has 7 rings (SSSR count). The molecule has 37 heavy (non-hydrogen) atoms. The van der Waals surface area contributed by atoms with E-state index in [2.05, 4.69) is 125 Å². The molecule has 4 nitrogen and oxygen atoms in total. The number of fused-ring (bicyclic) bond motifs is 3. The van der Waals surface area contributed by atoms with Gasteiger partial charge in [0, 0.05) is 33.4 Å². The van der Waals surface area contributed by atoms with Crippen LogP contribution in [0.1, 0.15) is 11.9 Å². The summed E-state index contributed by atoms with van der Waals surface area (Å²) in [6, 6.07) is 42.7. The molecule has 180 valence electrons. The van der Waals surface area contributed by atoms with Crippen molar-refractivity contribution in [2.75, 3.05) is 18.5 Å². The summed E-state index contributed by atoms with van der Waals surface area (Å²) in [4.78, 5) is 0. The van der Waals surface area contributed by atoms with Gasteiger partial charge in [0.2, 0.25) is 0 Å². The molecule has 1 N–H and O–H groups in total. The molecule has 6 aromatic rings. The van der Waals surface area contributed by atoms with Crippen molar-refractivity contribution in [2.24, 2.45) is 0 Å².